The molecular weight excluding hydrogens is 406 g/mol. The van der Waals surface area contributed by atoms with Crippen LogP contribution in [0.4, 0.5) is 5.69 Å². The lowest BCUT2D eigenvalue weighted by Gasteiger charge is -2.23. The first kappa shape index (κ1) is 21.6. The number of hydrogen-bond acceptors (Lipinski definition) is 5. The fourth-order valence-electron chi connectivity index (χ4n) is 4.13. The summed E-state index contributed by atoms with van der Waals surface area (Å²) in [4.78, 5) is 28.0. The Bertz CT molecular complexity index is 1140. The molecule has 0 aliphatic carbocycles. The third-order valence-corrected chi connectivity index (χ3v) is 5.83. The van der Waals surface area contributed by atoms with Crippen molar-refractivity contribution in [3.8, 4) is 11.5 Å². The highest BCUT2D eigenvalue weighted by Crippen LogP contribution is 2.43. The average Bonchev–Trinajstić information content (AvgIpc) is 3.04. The summed E-state index contributed by atoms with van der Waals surface area (Å²) >= 11 is 0. The first-order valence-corrected chi connectivity index (χ1v) is 10.4. The van der Waals surface area contributed by atoms with Crippen LogP contribution in [-0.4, -0.2) is 37.6 Å². The normalized spacial score (nSPS) is 17.2. The van der Waals surface area contributed by atoms with Gasteiger partial charge in [-0.15, -0.1) is 0 Å². The van der Waals surface area contributed by atoms with Gasteiger partial charge in [0.1, 0.15) is 0 Å². The number of benzene rings is 3. The van der Waals surface area contributed by atoms with Gasteiger partial charge in [-0.25, -0.2) is 0 Å². The molecule has 0 fully saturated rings. The summed E-state index contributed by atoms with van der Waals surface area (Å²) < 4.78 is 10.5. The van der Waals surface area contributed by atoms with Gasteiger partial charge in [0, 0.05) is 17.7 Å². The van der Waals surface area contributed by atoms with Crippen LogP contribution in [0, 0.1) is 0 Å². The Morgan fingerprint density at radius 1 is 0.938 bits per heavy atom. The molecule has 6 nitrogen and oxygen atoms in total. The molecule has 6 heteroatoms. The Hall–Kier alpha value is -3.64. The number of carbonyl (C=O) groups excluding carboxylic acids is 2. The summed E-state index contributed by atoms with van der Waals surface area (Å²) in [5.74, 6) is 0.0649. The van der Waals surface area contributed by atoms with E-state index in [1.165, 1.54) is 14.2 Å². The maximum Gasteiger partial charge on any atom is 0.264 e. The number of para-hydroxylation sites is 1. The molecule has 1 heterocycles. The van der Waals surface area contributed by atoms with E-state index >= 15 is 0 Å². The summed E-state index contributed by atoms with van der Waals surface area (Å²) in [5, 5.41) is 11.5. The highest BCUT2D eigenvalue weighted by molar-refractivity contribution is 6.10. The summed E-state index contributed by atoms with van der Waals surface area (Å²) in [7, 11) is 3.00. The molecule has 1 aliphatic heterocycles. The van der Waals surface area contributed by atoms with Crippen LogP contribution in [0.1, 0.15) is 27.9 Å². The summed E-state index contributed by atoms with van der Waals surface area (Å²) in [6.45, 7) is 0.409. The molecule has 1 unspecified atom stereocenters. The number of amides is 1. The lowest BCUT2D eigenvalue weighted by atomic mass is 9.88. The molecule has 1 aliphatic rings. The van der Waals surface area contributed by atoms with Crippen LogP contribution in [0.3, 0.4) is 0 Å². The topological polar surface area (TPSA) is 76.1 Å². The monoisotopic (exact) mass is 431 g/mol. The van der Waals surface area contributed by atoms with Gasteiger partial charge in [0.05, 0.1) is 26.3 Å². The SMILES string of the molecule is COc1ccc(C(=O)CC2(O)C(=O)N(CCc3ccccc3)c3ccccc32)cc1OC. The van der Waals surface area contributed by atoms with E-state index in [4.69, 9.17) is 9.47 Å². The van der Waals surface area contributed by atoms with Crippen molar-refractivity contribution in [3.05, 3.63) is 89.5 Å². The quantitative estimate of drug-likeness (QED) is 0.550. The highest BCUT2D eigenvalue weighted by atomic mass is 16.5. The van der Waals surface area contributed by atoms with Crippen LogP contribution in [0.25, 0.3) is 0 Å². The Labute approximate surface area is 187 Å². The molecule has 32 heavy (non-hydrogen) atoms. The second-order valence-electron chi connectivity index (χ2n) is 7.74. The van der Waals surface area contributed by atoms with E-state index in [1.807, 2.05) is 36.4 Å². The number of Topliss-reactive ketones (excluding diaryl/α,β-unsaturated/α-hetero) is 1. The smallest absolute Gasteiger partial charge is 0.264 e. The van der Waals surface area contributed by atoms with Crippen LogP contribution >= 0.6 is 0 Å². The molecule has 3 aromatic rings. The second-order valence-corrected chi connectivity index (χ2v) is 7.74. The first-order valence-electron chi connectivity index (χ1n) is 10.4. The zero-order valence-electron chi connectivity index (χ0n) is 18.1. The van der Waals surface area contributed by atoms with Crippen molar-refractivity contribution in [2.24, 2.45) is 0 Å². The zero-order chi connectivity index (χ0) is 22.7. The van der Waals surface area contributed by atoms with Gasteiger partial charge in [-0.05, 0) is 36.2 Å². The van der Waals surface area contributed by atoms with E-state index in [-0.39, 0.29) is 12.2 Å². The molecule has 1 amide bonds. The Morgan fingerprint density at radius 2 is 1.62 bits per heavy atom. The van der Waals surface area contributed by atoms with Crippen LogP contribution in [-0.2, 0) is 16.8 Å². The van der Waals surface area contributed by atoms with Crippen LogP contribution in [0.15, 0.2) is 72.8 Å². The molecule has 0 saturated carbocycles. The zero-order valence-corrected chi connectivity index (χ0v) is 18.1. The van der Waals surface area contributed by atoms with Crippen LogP contribution in [0.5, 0.6) is 11.5 Å². The Balaban J connectivity index is 1.60. The van der Waals surface area contributed by atoms with Gasteiger partial charge in [-0.1, -0.05) is 48.5 Å². The molecular formula is C26H25NO5. The van der Waals surface area contributed by atoms with Crippen molar-refractivity contribution in [2.45, 2.75) is 18.4 Å². The Morgan fingerprint density at radius 3 is 2.34 bits per heavy atom. The standard InChI is InChI=1S/C26H25NO5/c1-31-23-13-12-19(16-24(23)32-2)22(28)17-26(30)20-10-6-7-11-21(20)27(25(26)29)15-14-18-8-4-3-5-9-18/h3-13,16,30H,14-15,17H2,1-2H3. The van der Waals surface area contributed by atoms with Gasteiger partial charge in [-0.2, -0.15) is 0 Å². The molecule has 0 aromatic heterocycles. The number of rotatable bonds is 8. The van der Waals surface area contributed by atoms with Gasteiger partial charge >= 0.3 is 0 Å². The van der Waals surface area contributed by atoms with Crippen molar-refractivity contribution < 1.29 is 24.2 Å². The average molecular weight is 431 g/mol. The maximum absolute atomic E-state index is 13.4. The van der Waals surface area contributed by atoms with Crippen LogP contribution < -0.4 is 14.4 Å². The maximum atomic E-state index is 13.4. The third kappa shape index (κ3) is 3.85. The number of methoxy groups -OCH3 is 2. The Kier molecular flexibility index (Phi) is 5.97. The molecule has 0 bridgehead atoms. The third-order valence-electron chi connectivity index (χ3n) is 5.83. The molecule has 0 spiro atoms. The predicted molar refractivity (Wildman–Crippen MR) is 121 cm³/mol. The minimum Gasteiger partial charge on any atom is -0.493 e. The summed E-state index contributed by atoms with van der Waals surface area (Å²) in [6.07, 6.45) is 0.279. The molecule has 3 aromatic carbocycles. The number of carbonyl (C=O) groups is 2. The fraction of sp³-hybridized carbons (Fsp3) is 0.231. The van der Waals surface area contributed by atoms with Gasteiger partial charge in [0.15, 0.2) is 22.9 Å². The molecule has 1 atom stereocenters. The van der Waals surface area contributed by atoms with E-state index in [9.17, 15) is 14.7 Å². The van der Waals surface area contributed by atoms with E-state index in [2.05, 4.69) is 0 Å². The first-order chi connectivity index (χ1) is 15.5. The van der Waals surface area contributed by atoms with Crippen molar-refractivity contribution in [1.29, 1.82) is 0 Å². The lowest BCUT2D eigenvalue weighted by molar-refractivity contribution is -0.135. The molecule has 164 valence electrons. The molecule has 1 N–H and O–H groups in total. The number of aliphatic hydroxyl groups is 1. The second kappa shape index (κ2) is 8.85. The lowest BCUT2D eigenvalue weighted by Crippen LogP contribution is -2.42. The molecule has 4 rings (SSSR count). The van der Waals surface area contributed by atoms with Crippen LogP contribution in [0.2, 0.25) is 0 Å². The summed E-state index contributed by atoms with van der Waals surface area (Å²) in [6, 6.07) is 21.7. The van der Waals surface area contributed by atoms with Crippen molar-refractivity contribution in [2.75, 3.05) is 25.7 Å². The van der Waals surface area contributed by atoms with Crippen molar-refractivity contribution in [1.82, 2.24) is 0 Å². The molecule has 0 radical (unpaired) electrons. The van der Waals surface area contributed by atoms with Gasteiger partial charge in [0.2, 0.25) is 0 Å². The van der Waals surface area contributed by atoms with Gasteiger partial charge < -0.3 is 19.5 Å². The number of hydrogen-bond donors (Lipinski definition) is 1. The van der Waals surface area contributed by atoms with E-state index < -0.39 is 11.5 Å². The number of nitrogens with zero attached hydrogens (tertiary/aromatic N) is 1. The summed E-state index contributed by atoms with van der Waals surface area (Å²) in [5.41, 5.74) is 0.596. The van der Waals surface area contributed by atoms with E-state index in [0.29, 0.717) is 41.3 Å². The number of ketones is 1. The highest BCUT2D eigenvalue weighted by Gasteiger charge is 2.50. The number of anilines is 1. The number of fused-ring (bicyclic) bond motifs is 1. The van der Waals surface area contributed by atoms with Crippen molar-refractivity contribution >= 4 is 17.4 Å². The molecule has 0 saturated heterocycles. The van der Waals surface area contributed by atoms with E-state index in [1.54, 1.807) is 41.3 Å². The fourth-order valence-corrected chi connectivity index (χ4v) is 4.13. The predicted octanol–water partition coefficient (Wildman–Crippen LogP) is 3.75. The van der Waals surface area contributed by atoms with Gasteiger partial charge in [0.25, 0.3) is 5.91 Å². The largest absolute Gasteiger partial charge is 0.493 e. The van der Waals surface area contributed by atoms with Gasteiger partial charge in [-0.3, -0.25) is 9.59 Å². The van der Waals surface area contributed by atoms with E-state index in [0.717, 1.165) is 5.56 Å². The van der Waals surface area contributed by atoms with Crippen molar-refractivity contribution in [3.63, 3.8) is 0 Å². The minimum atomic E-state index is -1.92. The minimum absolute atomic E-state index is 0.337. The number of ether oxygens (including phenoxy) is 2.